The zero-order chi connectivity index (χ0) is 20.8. The predicted molar refractivity (Wildman–Crippen MR) is 103 cm³/mol. The molecule has 0 fully saturated rings. The van der Waals surface area contributed by atoms with Gasteiger partial charge in [-0.05, 0) is 44.9 Å². The van der Waals surface area contributed by atoms with Gasteiger partial charge in [-0.25, -0.2) is 9.59 Å². The lowest BCUT2D eigenvalue weighted by Gasteiger charge is -2.19. The van der Waals surface area contributed by atoms with Crippen LogP contribution in [-0.2, 0) is 14.3 Å². The summed E-state index contributed by atoms with van der Waals surface area (Å²) in [6, 6.07) is 8.92. The highest BCUT2D eigenvalue weighted by molar-refractivity contribution is 6.04. The highest BCUT2D eigenvalue weighted by atomic mass is 16.6. The summed E-state index contributed by atoms with van der Waals surface area (Å²) in [6.45, 7) is 6.60. The summed E-state index contributed by atoms with van der Waals surface area (Å²) in [5.41, 5.74) is 1.51. The molecule has 0 radical (unpaired) electrons. The Balaban J connectivity index is 2.11. The molecule has 0 aliphatic rings. The second-order valence-electron chi connectivity index (χ2n) is 6.39. The monoisotopic (exact) mass is 387 g/mol. The Morgan fingerprint density at radius 1 is 1.11 bits per heavy atom. The summed E-state index contributed by atoms with van der Waals surface area (Å²) in [7, 11) is 1.28. The first-order valence-corrected chi connectivity index (χ1v) is 9.04. The molecule has 0 unspecified atom stereocenters. The SMILES string of the molecule is CC[C@@H](Oc1ccccc1)C(=O)O[C@H](C)C(=O)c1[nH]c(C)c(C(=O)OC)c1C. The van der Waals surface area contributed by atoms with E-state index in [4.69, 9.17) is 14.2 Å². The zero-order valence-corrected chi connectivity index (χ0v) is 16.7. The second kappa shape index (κ2) is 9.21. The van der Waals surface area contributed by atoms with E-state index in [-0.39, 0.29) is 5.69 Å². The van der Waals surface area contributed by atoms with Gasteiger partial charge in [0.1, 0.15) is 5.75 Å². The average molecular weight is 387 g/mol. The Bertz CT molecular complexity index is 855. The number of para-hydroxylation sites is 1. The van der Waals surface area contributed by atoms with Crippen LogP contribution in [0.1, 0.15) is 52.4 Å². The first-order chi connectivity index (χ1) is 13.3. The number of aryl methyl sites for hydroxylation is 1. The number of methoxy groups -OCH3 is 1. The van der Waals surface area contributed by atoms with Crippen molar-refractivity contribution in [2.75, 3.05) is 7.11 Å². The molecule has 0 saturated carbocycles. The molecule has 1 N–H and O–H groups in total. The number of hydrogen-bond donors (Lipinski definition) is 1. The number of ether oxygens (including phenoxy) is 3. The molecule has 0 bridgehead atoms. The molecule has 28 heavy (non-hydrogen) atoms. The quantitative estimate of drug-likeness (QED) is 0.551. The van der Waals surface area contributed by atoms with Crippen LogP contribution in [0.25, 0.3) is 0 Å². The number of hydrogen-bond acceptors (Lipinski definition) is 6. The molecule has 1 aromatic carbocycles. The normalized spacial score (nSPS) is 12.8. The maximum Gasteiger partial charge on any atom is 0.348 e. The Labute approximate surface area is 164 Å². The van der Waals surface area contributed by atoms with E-state index >= 15 is 0 Å². The molecule has 2 rings (SSSR count). The molecule has 0 amide bonds. The van der Waals surface area contributed by atoms with Crippen LogP contribution in [0.3, 0.4) is 0 Å². The molecule has 0 aliphatic heterocycles. The lowest BCUT2D eigenvalue weighted by atomic mass is 10.1. The van der Waals surface area contributed by atoms with Crippen molar-refractivity contribution < 1.29 is 28.6 Å². The Hall–Kier alpha value is -3.09. The molecule has 150 valence electrons. The number of ketones is 1. The van der Waals surface area contributed by atoms with E-state index in [0.29, 0.717) is 29.0 Å². The summed E-state index contributed by atoms with van der Waals surface area (Å²) in [4.78, 5) is 40.0. The fourth-order valence-electron chi connectivity index (χ4n) is 2.87. The van der Waals surface area contributed by atoms with Gasteiger partial charge in [0.05, 0.1) is 18.4 Å². The fraction of sp³-hybridized carbons (Fsp3) is 0.381. The van der Waals surface area contributed by atoms with Crippen molar-refractivity contribution in [2.24, 2.45) is 0 Å². The fourth-order valence-corrected chi connectivity index (χ4v) is 2.87. The third kappa shape index (κ3) is 4.60. The van der Waals surface area contributed by atoms with E-state index in [1.165, 1.54) is 14.0 Å². The van der Waals surface area contributed by atoms with Crippen LogP contribution < -0.4 is 4.74 Å². The Morgan fingerprint density at radius 2 is 1.75 bits per heavy atom. The van der Waals surface area contributed by atoms with E-state index in [9.17, 15) is 14.4 Å². The maximum atomic E-state index is 12.7. The molecular weight excluding hydrogens is 362 g/mol. The molecular formula is C21H25NO6. The van der Waals surface area contributed by atoms with Gasteiger partial charge in [0, 0.05) is 5.69 Å². The summed E-state index contributed by atoms with van der Waals surface area (Å²) >= 11 is 0. The molecule has 0 spiro atoms. The largest absolute Gasteiger partial charge is 0.479 e. The number of H-pyrrole nitrogens is 1. The summed E-state index contributed by atoms with van der Waals surface area (Å²) in [5, 5.41) is 0. The van der Waals surface area contributed by atoms with Gasteiger partial charge in [-0.1, -0.05) is 25.1 Å². The number of aromatic amines is 1. The van der Waals surface area contributed by atoms with Crippen molar-refractivity contribution in [1.82, 2.24) is 4.98 Å². The summed E-state index contributed by atoms with van der Waals surface area (Å²) < 4.78 is 15.7. The average Bonchev–Trinajstić information content (AvgIpc) is 2.99. The van der Waals surface area contributed by atoms with Crippen LogP contribution in [0.4, 0.5) is 0 Å². The Kier molecular flexibility index (Phi) is 6.98. The number of rotatable bonds is 8. The number of nitrogens with one attached hydrogen (secondary N) is 1. The van der Waals surface area contributed by atoms with Crippen LogP contribution in [0.5, 0.6) is 5.75 Å². The molecule has 1 heterocycles. The highest BCUT2D eigenvalue weighted by Crippen LogP contribution is 2.21. The number of esters is 2. The van der Waals surface area contributed by atoms with E-state index < -0.39 is 29.9 Å². The van der Waals surface area contributed by atoms with Gasteiger partial charge in [-0.3, -0.25) is 4.79 Å². The van der Waals surface area contributed by atoms with Gasteiger partial charge < -0.3 is 19.2 Å². The van der Waals surface area contributed by atoms with E-state index in [1.54, 1.807) is 45.0 Å². The van der Waals surface area contributed by atoms with Gasteiger partial charge in [0.25, 0.3) is 0 Å². The summed E-state index contributed by atoms with van der Waals surface area (Å²) in [5.74, 6) is -1.04. The first-order valence-electron chi connectivity index (χ1n) is 9.04. The van der Waals surface area contributed by atoms with Crippen LogP contribution >= 0.6 is 0 Å². The Morgan fingerprint density at radius 3 is 2.32 bits per heavy atom. The van der Waals surface area contributed by atoms with Gasteiger partial charge in [0.15, 0.2) is 12.2 Å². The molecule has 0 aliphatic carbocycles. The maximum absolute atomic E-state index is 12.7. The minimum Gasteiger partial charge on any atom is -0.479 e. The van der Waals surface area contributed by atoms with Crippen LogP contribution in [0, 0.1) is 13.8 Å². The van der Waals surface area contributed by atoms with Gasteiger partial charge >= 0.3 is 11.9 Å². The lowest BCUT2D eigenvalue weighted by Crippen LogP contribution is -2.34. The van der Waals surface area contributed by atoms with Gasteiger partial charge in [0.2, 0.25) is 5.78 Å². The van der Waals surface area contributed by atoms with E-state index in [1.807, 2.05) is 6.07 Å². The molecule has 7 nitrogen and oxygen atoms in total. The van der Waals surface area contributed by atoms with E-state index in [0.717, 1.165) is 0 Å². The molecule has 1 aromatic heterocycles. The third-order valence-electron chi connectivity index (χ3n) is 4.39. The van der Waals surface area contributed by atoms with Gasteiger partial charge in [-0.15, -0.1) is 0 Å². The minimum atomic E-state index is -1.04. The number of carbonyl (C=O) groups excluding carboxylic acids is 3. The predicted octanol–water partition coefficient (Wildman–Crippen LogP) is 3.39. The van der Waals surface area contributed by atoms with Crippen LogP contribution in [-0.4, -0.2) is 42.0 Å². The van der Waals surface area contributed by atoms with Crippen molar-refractivity contribution in [3.8, 4) is 5.75 Å². The smallest absolute Gasteiger partial charge is 0.348 e. The molecule has 2 aromatic rings. The number of aromatic nitrogens is 1. The standard InChI is InChI=1S/C21H25NO6/c1-6-16(28-15-10-8-7-9-11-15)20(24)27-14(4)19(23)18-12(2)17(13(3)22-18)21(25)26-5/h7-11,14,16,22H,6H2,1-5H3/t14-,16-/m1/s1. The minimum absolute atomic E-state index is 0.218. The third-order valence-corrected chi connectivity index (χ3v) is 4.39. The van der Waals surface area contributed by atoms with Crippen molar-refractivity contribution in [2.45, 2.75) is 46.3 Å². The number of benzene rings is 1. The molecule has 2 atom stereocenters. The van der Waals surface area contributed by atoms with Gasteiger partial charge in [-0.2, -0.15) is 0 Å². The van der Waals surface area contributed by atoms with Crippen molar-refractivity contribution in [3.63, 3.8) is 0 Å². The van der Waals surface area contributed by atoms with Crippen molar-refractivity contribution in [1.29, 1.82) is 0 Å². The molecule has 0 saturated heterocycles. The van der Waals surface area contributed by atoms with Crippen molar-refractivity contribution in [3.05, 3.63) is 52.8 Å². The van der Waals surface area contributed by atoms with Crippen LogP contribution in [0.15, 0.2) is 30.3 Å². The zero-order valence-electron chi connectivity index (χ0n) is 16.7. The van der Waals surface area contributed by atoms with E-state index in [2.05, 4.69) is 4.98 Å². The number of carbonyl (C=O) groups is 3. The lowest BCUT2D eigenvalue weighted by molar-refractivity contribution is -0.154. The molecule has 7 heteroatoms. The van der Waals surface area contributed by atoms with Crippen LogP contribution in [0.2, 0.25) is 0 Å². The summed E-state index contributed by atoms with van der Waals surface area (Å²) in [6.07, 6.45) is -1.47. The van der Waals surface area contributed by atoms with Crippen molar-refractivity contribution >= 4 is 17.7 Å². The second-order valence-corrected chi connectivity index (χ2v) is 6.39. The first kappa shape index (κ1) is 21.2. The highest BCUT2D eigenvalue weighted by Gasteiger charge is 2.29. The number of Topliss-reactive ketones (excluding diaryl/α,β-unsaturated/α-hetero) is 1. The topological polar surface area (TPSA) is 94.7 Å².